The molecule has 0 unspecified atom stereocenters. The smallest absolute Gasteiger partial charge is 0.311 e. The normalized spacial score (nSPS) is 11.9. The number of benzene rings is 1. The van der Waals surface area contributed by atoms with Gasteiger partial charge in [0.25, 0.3) is 0 Å². The summed E-state index contributed by atoms with van der Waals surface area (Å²) in [5.41, 5.74) is 1.89. The van der Waals surface area contributed by atoms with Crippen molar-refractivity contribution in [3.8, 4) is 0 Å². The Morgan fingerprint density at radius 3 is 1.30 bits per heavy atom. The number of aryl methyl sites for hydroxylation is 2. The molecule has 0 bridgehead atoms. The van der Waals surface area contributed by atoms with E-state index in [0.717, 1.165) is 51.4 Å². The van der Waals surface area contributed by atoms with Gasteiger partial charge in [-0.1, -0.05) is 37.1 Å². The van der Waals surface area contributed by atoms with E-state index in [-0.39, 0.29) is 11.9 Å². The van der Waals surface area contributed by atoms with Gasteiger partial charge in [0, 0.05) is 0 Å². The molecule has 0 radical (unpaired) electrons. The molecule has 0 saturated carbocycles. The first-order chi connectivity index (χ1) is 14.1. The molecule has 170 valence electrons. The van der Waals surface area contributed by atoms with Crippen molar-refractivity contribution in [3.05, 3.63) is 35.4 Å². The van der Waals surface area contributed by atoms with Crippen LogP contribution in [0, 0.1) is 10.8 Å². The number of esters is 2. The van der Waals surface area contributed by atoms with Crippen LogP contribution in [-0.2, 0) is 31.9 Å². The van der Waals surface area contributed by atoms with Gasteiger partial charge in [0.1, 0.15) is 0 Å². The molecule has 1 rings (SSSR count). The number of ether oxygens (including phenoxy) is 2. The van der Waals surface area contributed by atoms with Crippen molar-refractivity contribution in [2.24, 2.45) is 10.8 Å². The lowest BCUT2D eigenvalue weighted by Gasteiger charge is -2.22. The molecule has 0 aliphatic rings. The molecule has 0 spiro atoms. The molecule has 0 aromatic heterocycles. The number of rotatable bonds is 14. The average molecular weight is 419 g/mol. The van der Waals surface area contributed by atoms with Gasteiger partial charge >= 0.3 is 11.9 Å². The Morgan fingerprint density at radius 1 is 0.667 bits per heavy atom. The topological polar surface area (TPSA) is 52.6 Å². The highest BCUT2D eigenvalue weighted by atomic mass is 16.5. The van der Waals surface area contributed by atoms with Crippen molar-refractivity contribution in [1.29, 1.82) is 0 Å². The van der Waals surface area contributed by atoms with Crippen LogP contribution in [0.15, 0.2) is 24.3 Å². The average Bonchev–Trinajstić information content (AvgIpc) is 2.70. The fourth-order valence-electron chi connectivity index (χ4n) is 3.52. The summed E-state index contributed by atoms with van der Waals surface area (Å²) in [6, 6.07) is 8.87. The number of unbranched alkanes of at least 4 members (excludes halogenated alkanes) is 2. The number of carbonyl (C=O) groups excluding carboxylic acids is 2. The van der Waals surface area contributed by atoms with Crippen LogP contribution in [0.25, 0.3) is 0 Å². The maximum atomic E-state index is 11.9. The van der Waals surface area contributed by atoms with Gasteiger partial charge in [-0.25, -0.2) is 0 Å². The van der Waals surface area contributed by atoms with Crippen molar-refractivity contribution in [3.63, 3.8) is 0 Å². The van der Waals surface area contributed by atoms with E-state index in [0.29, 0.717) is 13.2 Å². The van der Waals surface area contributed by atoms with Gasteiger partial charge in [-0.05, 0) is 91.2 Å². The third kappa shape index (κ3) is 9.32. The Bertz CT molecular complexity index is 587. The summed E-state index contributed by atoms with van der Waals surface area (Å²) in [5.74, 6) is -0.194. The minimum absolute atomic E-state index is 0.0972. The molecule has 0 aliphatic heterocycles. The van der Waals surface area contributed by atoms with E-state index in [9.17, 15) is 9.59 Å². The van der Waals surface area contributed by atoms with Gasteiger partial charge < -0.3 is 9.47 Å². The predicted molar refractivity (Wildman–Crippen MR) is 122 cm³/mol. The van der Waals surface area contributed by atoms with Gasteiger partial charge in [0.2, 0.25) is 0 Å². The van der Waals surface area contributed by atoms with Gasteiger partial charge in [0.15, 0.2) is 0 Å². The zero-order valence-corrected chi connectivity index (χ0v) is 20.0. The summed E-state index contributed by atoms with van der Waals surface area (Å²) in [7, 11) is 0. The molecule has 0 amide bonds. The van der Waals surface area contributed by atoms with Crippen molar-refractivity contribution >= 4 is 11.9 Å². The Kier molecular flexibility index (Phi) is 11.1. The number of hydrogen-bond acceptors (Lipinski definition) is 4. The van der Waals surface area contributed by atoms with E-state index in [2.05, 4.69) is 24.3 Å². The van der Waals surface area contributed by atoms with E-state index < -0.39 is 10.8 Å². The highest BCUT2D eigenvalue weighted by molar-refractivity contribution is 5.76. The number of hydrogen-bond donors (Lipinski definition) is 0. The molecule has 0 aliphatic carbocycles. The van der Waals surface area contributed by atoms with E-state index >= 15 is 0 Å². The first-order valence-corrected chi connectivity index (χ1v) is 11.5. The summed E-state index contributed by atoms with van der Waals surface area (Å²) in [4.78, 5) is 23.9. The molecular weight excluding hydrogens is 376 g/mol. The third-order valence-corrected chi connectivity index (χ3v) is 5.71. The summed E-state index contributed by atoms with van der Waals surface area (Å²) in [5, 5.41) is 0. The van der Waals surface area contributed by atoms with Crippen LogP contribution in [0.1, 0.15) is 91.2 Å². The van der Waals surface area contributed by atoms with Crippen LogP contribution in [0.2, 0.25) is 0 Å². The summed E-state index contributed by atoms with van der Waals surface area (Å²) in [6.07, 6.45) is 7.96. The van der Waals surface area contributed by atoms with Crippen molar-refractivity contribution < 1.29 is 19.1 Å². The van der Waals surface area contributed by atoms with Gasteiger partial charge in [-0.2, -0.15) is 0 Å². The second-order valence-corrected chi connectivity index (χ2v) is 9.44. The van der Waals surface area contributed by atoms with Crippen LogP contribution in [-0.4, -0.2) is 25.2 Å². The van der Waals surface area contributed by atoms with E-state index in [1.165, 1.54) is 11.1 Å². The van der Waals surface area contributed by atoms with Gasteiger partial charge in [-0.3, -0.25) is 9.59 Å². The van der Waals surface area contributed by atoms with Crippen LogP contribution < -0.4 is 0 Å². The summed E-state index contributed by atoms with van der Waals surface area (Å²) >= 11 is 0. The van der Waals surface area contributed by atoms with E-state index in [1.807, 2.05) is 41.5 Å². The highest BCUT2D eigenvalue weighted by Gasteiger charge is 2.29. The van der Waals surface area contributed by atoms with Crippen molar-refractivity contribution in [2.75, 3.05) is 13.2 Å². The summed E-state index contributed by atoms with van der Waals surface area (Å²) < 4.78 is 10.3. The molecule has 0 heterocycles. The quantitative estimate of drug-likeness (QED) is 0.263. The molecule has 1 aromatic carbocycles. The molecule has 4 heteroatoms. The molecule has 0 saturated heterocycles. The van der Waals surface area contributed by atoms with Gasteiger partial charge in [0.05, 0.1) is 24.0 Å². The van der Waals surface area contributed by atoms with Crippen LogP contribution in [0.5, 0.6) is 0 Å². The lowest BCUT2D eigenvalue weighted by molar-refractivity contribution is -0.154. The van der Waals surface area contributed by atoms with Crippen LogP contribution >= 0.6 is 0 Å². The molecule has 0 fully saturated rings. The predicted octanol–water partition coefficient (Wildman–Crippen LogP) is 6.29. The Morgan fingerprint density at radius 2 is 1.00 bits per heavy atom. The zero-order chi connectivity index (χ0) is 22.6. The Hall–Kier alpha value is -1.84. The first-order valence-electron chi connectivity index (χ1n) is 11.5. The molecular formula is C26H42O4. The molecule has 0 N–H and O–H groups in total. The third-order valence-electron chi connectivity index (χ3n) is 5.71. The zero-order valence-electron chi connectivity index (χ0n) is 20.0. The fraction of sp³-hybridized carbons (Fsp3) is 0.692. The maximum absolute atomic E-state index is 11.9. The highest BCUT2D eigenvalue weighted by Crippen LogP contribution is 2.27. The molecule has 0 atom stereocenters. The van der Waals surface area contributed by atoms with Crippen molar-refractivity contribution in [2.45, 2.75) is 92.9 Å². The van der Waals surface area contributed by atoms with Crippen LogP contribution in [0.4, 0.5) is 0 Å². The minimum Gasteiger partial charge on any atom is -0.466 e. The largest absolute Gasteiger partial charge is 0.466 e. The fourth-order valence-corrected chi connectivity index (χ4v) is 3.52. The second kappa shape index (κ2) is 12.8. The van der Waals surface area contributed by atoms with Gasteiger partial charge in [-0.15, -0.1) is 0 Å². The van der Waals surface area contributed by atoms with E-state index in [1.54, 1.807) is 0 Å². The monoisotopic (exact) mass is 418 g/mol. The maximum Gasteiger partial charge on any atom is 0.311 e. The number of carbonyl (C=O) groups is 2. The second-order valence-electron chi connectivity index (χ2n) is 9.44. The minimum atomic E-state index is -0.401. The molecule has 1 aromatic rings. The molecule has 30 heavy (non-hydrogen) atoms. The SMILES string of the molecule is CCOC(=O)C(C)(C)CCCCc1ccc(CCCCC(C)(C)C(=O)OCC)cc1. The Balaban J connectivity index is 2.30. The summed E-state index contributed by atoms with van der Waals surface area (Å²) in [6.45, 7) is 12.4. The van der Waals surface area contributed by atoms with Crippen molar-refractivity contribution in [1.82, 2.24) is 0 Å². The Labute approximate surface area is 183 Å². The standard InChI is InChI=1S/C26H42O4/c1-7-29-23(27)25(3,4)19-11-9-13-21-15-17-22(18-16-21)14-10-12-20-26(5,6)24(28)30-8-2/h15-18H,7-14,19-20H2,1-6H3. The first kappa shape index (κ1) is 26.2. The molecule has 4 nitrogen and oxygen atoms in total. The lowest BCUT2D eigenvalue weighted by atomic mass is 9.86. The lowest BCUT2D eigenvalue weighted by Crippen LogP contribution is -2.26. The van der Waals surface area contributed by atoms with Crippen LogP contribution in [0.3, 0.4) is 0 Å². The van der Waals surface area contributed by atoms with E-state index in [4.69, 9.17) is 9.47 Å².